The van der Waals surface area contributed by atoms with Crippen LogP contribution < -0.4 is 10.2 Å². The summed E-state index contributed by atoms with van der Waals surface area (Å²) in [4.78, 5) is 12.0. The number of hydrogen-bond acceptors (Lipinski definition) is 4. The van der Waals surface area contributed by atoms with E-state index >= 15 is 0 Å². The highest BCUT2D eigenvalue weighted by Crippen LogP contribution is 2.22. The smallest absolute Gasteiger partial charge is 0.244 e. The first-order valence-corrected chi connectivity index (χ1v) is 8.08. The fourth-order valence-corrected chi connectivity index (χ4v) is 2.28. The average molecular weight is 340 g/mol. The van der Waals surface area contributed by atoms with Crippen molar-refractivity contribution < 1.29 is 14.6 Å². The van der Waals surface area contributed by atoms with Crippen molar-refractivity contribution in [2.45, 2.75) is 32.6 Å². The van der Waals surface area contributed by atoms with E-state index in [0.29, 0.717) is 11.3 Å². The second-order valence-electron chi connectivity index (χ2n) is 6.84. The minimum Gasteiger partial charge on any atom is -0.507 e. The van der Waals surface area contributed by atoms with Gasteiger partial charge in [-0.15, -0.1) is 0 Å². The molecule has 0 saturated heterocycles. The van der Waals surface area contributed by atoms with Gasteiger partial charge in [0.25, 0.3) is 0 Å². The molecule has 0 aliphatic carbocycles. The number of phenols is 1. The van der Waals surface area contributed by atoms with Crippen molar-refractivity contribution in [3.63, 3.8) is 0 Å². The lowest BCUT2D eigenvalue weighted by Crippen LogP contribution is -2.20. The Bertz CT molecular complexity index is 760. The summed E-state index contributed by atoms with van der Waals surface area (Å²) in [5.74, 6) is 0.447. The van der Waals surface area contributed by atoms with Gasteiger partial charge in [0.1, 0.15) is 11.5 Å². The highest BCUT2D eigenvalue weighted by Gasteiger charge is 2.13. The molecular formula is C20H24N2O3. The molecule has 2 aromatic carbocycles. The van der Waals surface area contributed by atoms with Crippen LogP contribution in [0.1, 0.15) is 37.5 Å². The maximum absolute atomic E-state index is 12.0. The summed E-state index contributed by atoms with van der Waals surface area (Å²) in [6.07, 6.45) is 1.63. The molecule has 0 aliphatic heterocycles. The van der Waals surface area contributed by atoms with E-state index in [1.807, 2.05) is 24.3 Å². The van der Waals surface area contributed by atoms with Gasteiger partial charge < -0.3 is 9.84 Å². The molecule has 5 nitrogen and oxygen atoms in total. The number of methoxy groups -OCH3 is 1. The summed E-state index contributed by atoms with van der Waals surface area (Å²) in [7, 11) is 1.54. The predicted molar refractivity (Wildman–Crippen MR) is 99.2 cm³/mol. The standard InChI is InChI=1S/C20H24N2O3/c1-20(2,3)16-7-5-14(6-8-16)11-19(24)22-21-13-15-12-17(25-4)9-10-18(15)23/h5-10,12-13,23H,11H2,1-4H3,(H,22,24)/b21-13+. The van der Waals surface area contributed by atoms with Gasteiger partial charge in [-0.1, -0.05) is 45.0 Å². The largest absolute Gasteiger partial charge is 0.507 e. The molecule has 0 fully saturated rings. The number of hydrogen-bond donors (Lipinski definition) is 2. The number of carbonyl (C=O) groups excluding carboxylic acids is 1. The number of amides is 1. The van der Waals surface area contributed by atoms with Crippen LogP contribution in [0.15, 0.2) is 47.6 Å². The molecule has 1 amide bonds. The molecule has 5 heteroatoms. The quantitative estimate of drug-likeness (QED) is 0.647. The van der Waals surface area contributed by atoms with Crippen LogP contribution in [0.5, 0.6) is 11.5 Å². The first kappa shape index (κ1) is 18.5. The van der Waals surface area contributed by atoms with Crippen LogP contribution in [0.2, 0.25) is 0 Å². The Morgan fingerprint density at radius 2 is 1.88 bits per heavy atom. The molecule has 0 aromatic heterocycles. The van der Waals surface area contributed by atoms with Gasteiger partial charge in [0, 0.05) is 5.56 Å². The van der Waals surface area contributed by atoms with Crippen molar-refractivity contribution >= 4 is 12.1 Å². The van der Waals surface area contributed by atoms with Crippen LogP contribution in [0.4, 0.5) is 0 Å². The Labute approximate surface area is 148 Å². The molecular weight excluding hydrogens is 316 g/mol. The van der Waals surface area contributed by atoms with Crippen LogP contribution >= 0.6 is 0 Å². The summed E-state index contributed by atoms with van der Waals surface area (Å²) < 4.78 is 5.09. The Morgan fingerprint density at radius 3 is 2.48 bits per heavy atom. The van der Waals surface area contributed by atoms with E-state index in [2.05, 4.69) is 31.3 Å². The van der Waals surface area contributed by atoms with Gasteiger partial charge in [-0.25, -0.2) is 5.43 Å². The monoisotopic (exact) mass is 340 g/mol. The number of rotatable bonds is 5. The summed E-state index contributed by atoms with van der Waals surface area (Å²) in [5.41, 5.74) is 5.17. The van der Waals surface area contributed by atoms with Gasteiger partial charge in [0.2, 0.25) is 5.91 Å². The first-order chi connectivity index (χ1) is 11.8. The lowest BCUT2D eigenvalue weighted by atomic mass is 9.86. The Morgan fingerprint density at radius 1 is 1.20 bits per heavy atom. The molecule has 0 bridgehead atoms. The van der Waals surface area contributed by atoms with Crippen LogP contribution in [0.3, 0.4) is 0 Å². The van der Waals surface area contributed by atoms with Crippen molar-refractivity contribution in [1.29, 1.82) is 0 Å². The van der Waals surface area contributed by atoms with Gasteiger partial charge in [-0.3, -0.25) is 4.79 Å². The number of hydrazone groups is 1. The van der Waals surface area contributed by atoms with Crippen LogP contribution in [-0.4, -0.2) is 24.3 Å². The average Bonchev–Trinajstić information content (AvgIpc) is 2.56. The van der Waals surface area contributed by atoms with Crippen LogP contribution in [-0.2, 0) is 16.6 Å². The number of benzene rings is 2. The molecule has 132 valence electrons. The Hall–Kier alpha value is -2.82. The van der Waals surface area contributed by atoms with Crippen molar-refractivity contribution in [2.75, 3.05) is 7.11 Å². The number of nitrogens with zero attached hydrogens (tertiary/aromatic N) is 1. The molecule has 0 aliphatic rings. The Kier molecular flexibility index (Phi) is 5.80. The minimum absolute atomic E-state index is 0.0663. The maximum Gasteiger partial charge on any atom is 0.244 e. The number of aromatic hydroxyl groups is 1. The van der Waals surface area contributed by atoms with E-state index in [1.54, 1.807) is 19.2 Å². The lowest BCUT2D eigenvalue weighted by molar-refractivity contribution is -0.120. The van der Waals surface area contributed by atoms with E-state index < -0.39 is 0 Å². The normalized spacial score (nSPS) is 11.5. The molecule has 25 heavy (non-hydrogen) atoms. The minimum atomic E-state index is -0.220. The second-order valence-corrected chi connectivity index (χ2v) is 6.84. The summed E-state index contributed by atoms with van der Waals surface area (Å²) >= 11 is 0. The van der Waals surface area contributed by atoms with E-state index in [9.17, 15) is 9.90 Å². The van der Waals surface area contributed by atoms with Gasteiger partial charge in [0.15, 0.2) is 0 Å². The van der Waals surface area contributed by atoms with Crippen LogP contribution in [0, 0.1) is 0 Å². The third-order valence-electron chi connectivity index (χ3n) is 3.81. The maximum atomic E-state index is 12.0. The van der Waals surface area contributed by atoms with Gasteiger partial charge in [-0.05, 0) is 34.7 Å². The fraction of sp³-hybridized carbons (Fsp3) is 0.300. The third-order valence-corrected chi connectivity index (χ3v) is 3.81. The summed E-state index contributed by atoms with van der Waals surface area (Å²) in [5, 5.41) is 13.7. The Balaban J connectivity index is 1.94. The fourth-order valence-electron chi connectivity index (χ4n) is 2.28. The van der Waals surface area contributed by atoms with Gasteiger partial charge in [-0.2, -0.15) is 5.10 Å². The number of phenolic OH excluding ortho intramolecular Hbond substituents is 1. The van der Waals surface area contributed by atoms with Gasteiger partial charge >= 0.3 is 0 Å². The zero-order chi connectivity index (χ0) is 18.4. The first-order valence-electron chi connectivity index (χ1n) is 8.08. The zero-order valence-corrected chi connectivity index (χ0v) is 15.0. The number of carbonyl (C=O) groups is 1. The van der Waals surface area contributed by atoms with E-state index in [-0.39, 0.29) is 23.5 Å². The highest BCUT2D eigenvalue weighted by atomic mass is 16.5. The molecule has 0 heterocycles. The molecule has 0 spiro atoms. The molecule has 2 N–H and O–H groups in total. The molecule has 0 unspecified atom stereocenters. The molecule has 0 saturated carbocycles. The van der Waals surface area contributed by atoms with Crippen molar-refractivity contribution in [3.8, 4) is 11.5 Å². The molecule has 0 radical (unpaired) electrons. The van der Waals surface area contributed by atoms with Crippen molar-refractivity contribution in [1.82, 2.24) is 5.43 Å². The molecule has 0 atom stereocenters. The van der Waals surface area contributed by atoms with E-state index in [4.69, 9.17) is 4.74 Å². The second kappa shape index (κ2) is 7.83. The highest BCUT2D eigenvalue weighted by molar-refractivity contribution is 5.86. The predicted octanol–water partition coefficient (Wildman–Crippen LogP) is 3.39. The van der Waals surface area contributed by atoms with Crippen LogP contribution in [0.25, 0.3) is 0 Å². The molecule has 2 aromatic rings. The third kappa shape index (κ3) is 5.35. The number of ether oxygens (including phenoxy) is 1. The zero-order valence-electron chi connectivity index (χ0n) is 15.0. The number of nitrogens with one attached hydrogen (secondary N) is 1. The van der Waals surface area contributed by atoms with E-state index in [1.165, 1.54) is 17.8 Å². The lowest BCUT2D eigenvalue weighted by Gasteiger charge is -2.19. The topological polar surface area (TPSA) is 70.9 Å². The van der Waals surface area contributed by atoms with Crippen molar-refractivity contribution in [2.24, 2.45) is 5.10 Å². The molecule has 2 rings (SSSR count). The SMILES string of the molecule is COc1ccc(O)c(/C=N/NC(=O)Cc2ccc(C(C)(C)C)cc2)c1. The van der Waals surface area contributed by atoms with E-state index in [0.717, 1.165) is 5.56 Å². The van der Waals surface area contributed by atoms with Crippen molar-refractivity contribution in [3.05, 3.63) is 59.2 Å². The van der Waals surface area contributed by atoms with Gasteiger partial charge in [0.05, 0.1) is 19.7 Å². The summed E-state index contributed by atoms with van der Waals surface area (Å²) in [6, 6.07) is 12.8. The summed E-state index contributed by atoms with van der Waals surface area (Å²) in [6.45, 7) is 6.45.